The molecule has 1 aliphatic heterocycles. The summed E-state index contributed by atoms with van der Waals surface area (Å²) in [5, 5.41) is 19.2. The Kier molecular flexibility index (Phi) is 2.94. The van der Waals surface area contributed by atoms with Gasteiger partial charge in [-0.25, -0.2) is 0 Å². The minimum atomic E-state index is -0.624. The summed E-state index contributed by atoms with van der Waals surface area (Å²) in [6.45, 7) is 0. The van der Waals surface area contributed by atoms with E-state index in [4.69, 9.17) is 4.74 Å². The molecule has 19 heavy (non-hydrogen) atoms. The molecule has 0 radical (unpaired) electrons. The van der Waals surface area contributed by atoms with Crippen LogP contribution in [-0.4, -0.2) is 5.11 Å². The number of hydrogen-bond donors (Lipinski definition) is 1. The number of benzene rings is 2. The van der Waals surface area contributed by atoms with Gasteiger partial charge in [-0.15, -0.1) is 0 Å². The second-order valence-corrected chi connectivity index (χ2v) is 4.59. The molecule has 0 fully saturated rings. The predicted molar refractivity (Wildman–Crippen MR) is 70.4 cm³/mol. The molecule has 0 unspecified atom stereocenters. The summed E-state index contributed by atoms with van der Waals surface area (Å²) < 4.78 is 5.83. The van der Waals surface area contributed by atoms with Crippen LogP contribution >= 0.6 is 0 Å². The second-order valence-electron chi connectivity index (χ2n) is 4.59. The second kappa shape index (κ2) is 4.75. The Morgan fingerprint density at radius 3 is 2.63 bits per heavy atom. The molecule has 3 nitrogen and oxygen atoms in total. The average Bonchev–Trinajstić information content (AvgIpc) is 2.48. The molecular weight excluding hydrogens is 238 g/mol. The average molecular weight is 251 g/mol. The van der Waals surface area contributed by atoms with Crippen molar-refractivity contribution in [1.29, 1.82) is 5.26 Å². The lowest BCUT2D eigenvalue weighted by atomic mass is 9.91. The molecule has 0 spiro atoms. The Balaban J connectivity index is 2.03. The Morgan fingerprint density at radius 2 is 1.89 bits per heavy atom. The number of phenols is 1. The lowest BCUT2D eigenvalue weighted by Gasteiger charge is -2.29. The quantitative estimate of drug-likeness (QED) is 0.846. The number of aromatic hydroxyl groups is 1. The molecule has 0 aromatic heterocycles. The Labute approximate surface area is 111 Å². The van der Waals surface area contributed by atoms with E-state index in [-0.39, 0.29) is 11.9 Å². The summed E-state index contributed by atoms with van der Waals surface area (Å²) in [5.74, 6) is 0.238. The van der Waals surface area contributed by atoms with Gasteiger partial charge in [0.25, 0.3) is 0 Å². The van der Waals surface area contributed by atoms with E-state index >= 15 is 0 Å². The predicted octanol–water partition coefficient (Wildman–Crippen LogP) is 3.27. The van der Waals surface area contributed by atoms with Crippen molar-refractivity contribution >= 4 is 0 Å². The van der Waals surface area contributed by atoms with E-state index < -0.39 is 6.10 Å². The maximum atomic E-state index is 9.97. The molecule has 3 rings (SSSR count). The highest BCUT2D eigenvalue weighted by Gasteiger charge is 2.29. The molecule has 0 saturated carbocycles. The van der Waals surface area contributed by atoms with Gasteiger partial charge in [-0.05, 0) is 11.6 Å². The van der Waals surface area contributed by atoms with E-state index in [2.05, 4.69) is 6.07 Å². The summed E-state index contributed by atoms with van der Waals surface area (Å²) >= 11 is 0. The van der Waals surface area contributed by atoms with Gasteiger partial charge in [0.1, 0.15) is 5.75 Å². The highest BCUT2D eigenvalue weighted by molar-refractivity contribution is 5.44. The molecule has 0 aliphatic carbocycles. The minimum Gasteiger partial charge on any atom is -0.508 e. The highest BCUT2D eigenvalue weighted by atomic mass is 16.5. The van der Waals surface area contributed by atoms with Crippen molar-refractivity contribution in [1.82, 2.24) is 0 Å². The first-order chi connectivity index (χ1) is 9.29. The SMILES string of the molecule is N#C[C@@H]1O[C@H](c2ccccc2)Cc2c(O)cccc21. The maximum Gasteiger partial charge on any atom is 0.170 e. The van der Waals surface area contributed by atoms with Crippen LogP contribution in [0, 0.1) is 11.3 Å². The molecule has 2 atom stereocenters. The largest absolute Gasteiger partial charge is 0.508 e. The topological polar surface area (TPSA) is 53.2 Å². The van der Waals surface area contributed by atoms with Crippen molar-refractivity contribution in [3.05, 3.63) is 65.2 Å². The zero-order valence-electron chi connectivity index (χ0n) is 10.3. The van der Waals surface area contributed by atoms with Crippen LogP contribution in [0.3, 0.4) is 0 Å². The smallest absolute Gasteiger partial charge is 0.170 e. The molecule has 3 heteroatoms. The van der Waals surface area contributed by atoms with Gasteiger partial charge in [0.15, 0.2) is 6.10 Å². The van der Waals surface area contributed by atoms with E-state index in [1.54, 1.807) is 12.1 Å². The number of nitrogens with zero attached hydrogens (tertiary/aromatic N) is 1. The number of phenolic OH excluding ortho intramolecular Hbond substituents is 1. The van der Waals surface area contributed by atoms with Crippen molar-refractivity contribution in [3.63, 3.8) is 0 Å². The van der Waals surface area contributed by atoms with Crippen LogP contribution in [0.25, 0.3) is 0 Å². The first-order valence-corrected chi connectivity index (χ1v) is 6.20. The lowest BCUT2D eigenvalue weighted by Crippen LogP contribution is -2.19. The van der Waals surface area contributed by atoms with Crippen molar-refractivity contribution in [3.8, 4) is 11.8 Å². The molecule has 0 saturated heterocycles. The van der Waals surface area contributed by atoms with Crippen LogP contribution in [0.5, 0.6) is 5.75 Å². The third kappa shape index (κ3) is 2.07. The number of fused-ring (bicyclic) bond motifs is 1. The van der Waals surface area contributed by atoms with Gasteiger partial charge in [-0.2, -0.15) is 5.26 Å². The molecule has 2 aromatic rings. The van der Waals surface area contributed by atoms with Crippen LogP contribution in [-0.2, 0) is 11.2 Å². The Hall–Kier alpha value is -2.31. The van der Waals surface area contributed by atoms with E-state index in [1.807, 2.05) is 36.4 Å². The Morgan fingerprint density at radius 1 is 1.11 bits per heavy atom. The highest BCUT2D eigenvalue weighted by Crippen LogP contribution is 2.40. The van der Waals surface area contributed by atoms with Crippen molar-refractivity contribution < 1.29 is 9.84 Å². The fraction of sp³-hybridized carbons (Fsp3) is 0.188. The lowest BCUT2D eigenvalue weighted by molar-refractivity contribution is 0.00194. The van der Waals surface area contributed by atoms with E-state index in [1.165, 1.54) is 0 Å². The Bertz CT molecular complexity index is 631. The molecule has 2 aromatic carbocycles. The minimum absolute atomic E-state index is 0.188. The van der Waals surface area contributed by atoms with Gasteiger partial charge < -0.3 is 9.84 Å². The standard InChI is InChI=1S/C16H13NO2/c17-10-16-12-7-4-8-14(18)13(12)9-15(19-16)11-5-2-1-3-6-11/h1-8,15-16,18H,9H2/t15-,16-/m0/s1. The molecule has 94 valence electrons. The summed E-state index contributed by atoms with van der Waals surface area (Å²) in [5.41, 5.74) is 2.61. The monoisotopic (exact) mass is 251 g/mol. The van der Waals surface area contributed by atoms with Crippen LogP contribution in [0.15, 0.2) is 48.5 Å². The summed E-state index contributed by atoms with van der Waals surface area (Å²) in [6, 6.07) is 17.2. The van der Waals surface area contributed by atoms with Crippen LogP contribution in [0.2, 0.25) is 0 Å². The van der Waals surface area contributed by atoms with Gasteiger partial charge in [0, 0.05) is 17.5 Å². The molecular formula is C16H13NO2. The van der Waals surface area contributed by atoms with Crippen molar-refractivity contribution in [2.45, 2.75) is 18.6 Å². The van der Waals surface area contributed by atoms with Gasteiger partial charge in [-0.1, -0.05) is 42.5 Å². The third-order valence-corrected chi connectivity index (χ3v) is 3.45. The zero-order valence-corrected chi connectivity index (χ0v) is 10.3. The first-order valence-electron chi connectivity index (χ1n) is 6.20. The third-order valence-electron chi connectivity index (χ3n) is 3.45. The number of ether oxygens (including phenoxy) is 1. The van der Waals surface area contributed by atoms with E-state index in [0.717, 1.165) is 16.7 Å². The number of rotatable bonds is 1. The van der Waals surface area contributed by atoms with Crippen LogP contribution in [0.1, 0.15) is 28.9 Å². The zero-order chi connectivity index (χ0) is 13.2. The van der Waals surface area contributed by atoms with Crippen molar-refractivity contribution in [2.24, 2.45) is 0 Å². The maximum absolute atomic E-state index is 9.97. The number of nitriles is 1. The van der Waals surface area contributed by atoms with E-state index in [0.29, 0.717) is 6.42 Å². The van der Waals surface area contributed by atoms with Gasteiger partial charge in [0.2, 0.25) is 0 Å². The number of hydrogen-bond acceptors (Lipinski definition) is 3. The fourth-order valence-corrected chi connectivity index (χ4v) is 2.50. The normalized spacial score (nSPS) is 21.4. The summed E-state index contributed by atoms with van der Waals surface area (Å²) in [7, 11) is 0. The molecule has 1 heterocycles. The molecule has 1 aliphatic rings. The van der Waals surface area contributed by atoms with Gasteiger partial charge in [0.05, 0.1) is 12.2 Å². The molecule has 0 bridgehead atoms. The van der Waals surface area contributed by atoms with Crippen molar-refractivity contribution in [2.75, 3.05) is 0 Å². The van der Waals surface area contributed by atoms with Gasteiger partial charge in [-0.3, -0.25) is 0 Å². The van der Waals surface area contributed by atoms with E-state index in [9.17, 15) is 10.4 Å². The summed E-state index contributed by atoms with van der Waals surface area (Å²) in [6.07, 6.45) is -0.225. The molecule has 0 amide bonds. The molecule has 1 N–H and O–H groups in total. The first kappa shape index (κ1) is 11.8. The summed E-state index contributed by atoms with van der Waals surface area (Å²) in [4.78, 5) is 0. The van der Waals surface area contributed by atoms with Crippen LogP contribution in [0.4, 0.5) is 0 Å². The van der Waals surface area contributed by atoms with Crippen LogP contribution < -0.4 is 0 Å². The van der Waals surface area contributed by atoms with Gasteiger partial charge >= 0.3 is 0 Å². The fourth-order valence-electron chi connectivity index (χ4n) is 2.50.